The van der Waals surface area contributed by atoms with E-state index in [-0.39, 0.29) is 0 Å². The SMILES string of the molecule is CC(O)(CC(=O)O)C(=O)OC[C@H](O)[C@@H](O)[C@H](O)[C@H](O)CO. The van der Waals surface area contributed by atoms with Crippen molar-refractivity contribution in [1.82, 2.24) is 0 Å². The summed E-state index contributed by atoms with van der Waals surface area (Å²) >= 11 is 0. The van der Waals surface area contributed by atoms with Crippen molar-refractivity contribution >= 4 is 11.9 Å². The quantitative estimate of drug-likeness (QED) is 0.208. The number of hydrogen-bond donors (Lipinski definition) is 7. The second-order valence-corrected chi connectivity index (χ2v) is 4.74. The van der Waals surface area contributed by atoms with Crippen LogP contribution >= 0.6 is 0 Å². The van der Waals surface area contributed by atoms with Crippen LogP contribution in [0, 0.1) is 0 Å². The van der Waals surface area contributed by atoms with Crippen LogP contribution in [0.2, 0.25) is 0 Å². The van der Waals surface area contributed by atoms with Crippen molar-refractivity contribution in [2.24, 2.45) is 0 Å². The highest BCUT2D eigenvalue weighted by Gasteiger charge is 2.36. The molecule has 21 heavy (non-hydrogen) atoms. The summed E-state index contributed by atoms with van der Waals surface area (Å²) in [7, 11) is 0. The van der Waals surface area contributed by atoms with Crippen LogP contribution < -0.4 is 0 Å². The summed E-state index contributed by atoms with van der Waals surface area (Å²) < 4.78 is 4.44. The van der Waals surface area contributed by atoms with E-state index in [2.05, 4.69) is 4.74 Å². The summed E-state index contributed by atoms with van der Waals surface area (Å²) in [6.07, 6.45) is -8.25. The van der Waals surface area contributed by atoms with Crippen molar-refractivity contribution in [1.29, 1.82) is 0 Å². The highest BCUT2D eigenvalue weighted by molar-refractivity contribution is 5.84. The maximum absolute atomic E-state index is 11.4. The average molecular weight is 312 g/mol. The van der Waals surface area contributed by atoms with Gasteiger partial charge < -0.3 is 40.5 Å². The van der Waals surface area contributed by atoms with Crippen LogP contribution in [0.15, 0.2) is 0 Å². The first-order valence-corrected chi connectivity index (χ1v) is 5.97. The van der Waals surface area contributed by atoms with Gasteiger partial charge in [0.15, 0.2) is 5.60 Å². The molecule has 124 valence electrons. The molecule has 0 heterocycles. The molecule has 0 saturated carbocycles. The van der Waals surface area contributed by atoms with E-state index >= 15 is 0 Å². The third-order valence-electron chi connectivity index (χ3n) is 2.65. The molecule has 0 aromatic heterocycles. The Kier molecular flexibility index (Phi) is 7.71. The molecule has 10 heteroatoms. The molecule has 0 spiro atoms. The monoisotopic (exact) mass is 312 g/mol. The van der Waals surface area contributed by atoms with Gasteiger partial charge in [-0.3, -0.25) is 4.79 Å². The Hall–Kier alpha value is -1.30. The number of carboxylic acids is 1. The topological polar surface area (TPSA) is 185 Å². The van der Waals surface area contributed by atoms with Gasteiger partial charge in [0.25, 0.3) is 0 Å². The van der Waals surface area contributed by atoms with Gasteiger partial charge in [-0.2, -0.15) is 0 Å². The van der Waals surface area contributed by atoms with E-state index in [0.29, 0.717) is 0 Å². The zero-order chi connectivity index (χ0) is 16.8. The molecule has 0 saturated heterocycles. The van der Waals surface area contributed by atoms with Gasteiger partial charge in [0.1, 0.15) is 31.0 Å². The number of hydrogen-bond acceptors (Lipinski definition) is 9. The average Bonchev–Trinajstić information content (AvgIpc) is 2.40. The van der Waals surface area contributed by atoms with Crippen molar-refractivity contribution in [2.75, 3.05) is 13.2 Å². The zero-order valence-corrected chi connectivity index (χ0v) is 11.3. The number of esters is 1. The molecule has 0 rings (SSSR count). The van der Waals surface area contributed by atoms with Crippen molar-refractivity contribution < 1.29 is 50.1 Å². The van der Waals surface area contributed by atoms with Crippen LogP contribution in [0.1, 0.15) is 13.3 Å². The lowest BCUT2D eigenvalue weighted by molar-refractivity contribution is -0.176. The Bertz CT molecular complexity index is 355. The molecule has 0 aliphatic heterocycles. The van der Waals surface area contributed by atoms with Crippen molar-refractivity contribution in [3.05, 3.63) is 0 Å². The largest absolute Gasteiger partial charge is 0.481 e. The van der Waals surface area contributed by atoms with Gasteiger partial charge in [-0.15, -0.1) is 0 Å². The Balaban J connectivity index is 4.44. The second kappa shape index (κ2) is 8.22. The highest BCUT2D eigenvalue weighted by atomic mass is 16.6. The molecule has 0 aliphatic carbocycles. The first-order valence-electron chi connectivity index (χ1n) is 5.97. The van der Waals surface area contributed by atoms with Crippen molar-refractivity contribution in [3.8, 4) is 0 Å². The fourth-order valence-electron chi connectivity index (χ4n) is 1.34. The van der Waals surface area contributed by atoms with Crippen molar-refractivity contribution in [3.63, 3.8) is 0 Å². The molecule has 0 amide bonds. The number of rotatable bonds is 9. The molecule has 10 nitrogen and oxygen atoms in total. The number of carboxylic acid groups (broad SMARTS) is 1. The van der Waals surface area contributed by atoms with Gasteiger partial charge in [-0.1, -0.05) is 0 Å². The summed E-state index contributed by atoms with van der Waals surface area (Å²) in [6.45, 7) is -0.820. The first kappa shape index (κ1) is 19.7. The third-order valence-corrected chi connectivity index (χ3v) is 2.65. The number of aliphatic carboxylic acids is 1. The number of aliphatic hydroxyl groups is 6. The lowest BCUT2D eigenvalue weighted by Crippen LogP contribution is -2.48. The van der Waals surface area contributed by atoms with E-state index in [4.69, 9.17) is 15.3 Å². The Morgan fingerprint density at radius 1 is 1.10 bits per heavy atom. The Labute approximate surface area is 119 Å². The molecular weight excluding hydrogens is 292 g/mol. The van der Waals surface area contributed by atoms with E-state index in [1.54, 1.807) is 0 Å². The molecule has 0 fully saturated rings. The number of carbonyl (C=O) groups is 2. The molecule has 0 aromatic carbocycles. The van der Waals surface area contributed by atoms with E-state index in [0.717, 1.165) is 6.92 Å². The fraction of sp³-hybridized carbons (Fsp3) is 0.818. The lowest BCUT2D eigenvalue weighted by atomic mass is 10.0. The van der Waals surface area contributed by atoms with Crippen LogP contribution in [0.25, 0.3) is 0 Å². The normalized spacial score (nSPS) is 20.0. The standard InChI is InChI=1S/C11H20O10/c1-11(20,2-7(15)16)10(19)21-4-6(14)9(18)8(17)5(13)3-12/h5-6,8-9,12-14,17-18,20H,2-4H2,1H3,(H,15,16)/t5-,6+,8-,9-,11?/m1/s1. The van der Waals surface area contributed by atoms with Crippen LogP contribution in [0.3, 0.4) is 0 Å². The predicted octanol–water partition coefficient (Wildman–Crippen LogP) is -3.81. The molecule has 5 atom stereocenters. The molecular formula is C11H20O10. The molecule has 0 bridgehead atoms. The van der Waals surface area contributed by atoms with Gasteiger partial charge in [0, 0.05) is 0 Å². The van der Waals surface area contributed by atoms with Crippen LogP contribution in [0.5, 0.6) is 0 Å². The van der Waals surface area contributed by atoms with E-state index in [1.807, 2.05) is 0 Å². The summed E-state index contributed by atoms with van der Waals surface area (Å²) in [5, 5.41) is 63.8. The van der Waals surface area contributed by atoms with Gasteiger partial charge in [-0.05, 0) is 6.92 Å². The van der Waals surface area contributed by atoms with Crippen molar-refractivity contribution in [2.45, 2.75) is 43.4 Å². The van der Waals surface area contributed by atoms with Crippen LogP contribution in [-0.4, -0.2) is 90.9 Å². The Morgan fingerprint density at radius 3 is 2.00 bits per heavy atom. The minimum Gasteiger partial charge on any atom is -0.481 e. The van der Waals surface area contributed by atoms with Crippen LogP contribution in [0.4, 0.5) is 0 Å². The van der Waals surface area contributed by atoms with Crippen LogP contribution in [-0.2, 0) is 14.3 Å². The molecule has 1 unspecified atom stereocenters. The predicted molar refractivity (Wildman–Crippen MR) is 64.9 cm³/mol. The maximum Gasteiger partial charge on any atom is 0.338 e. The third kappa shape index (κ3) is 6.33. The van der Waals surface area contributed by atoms with E-state index in [9.17, 15) is 30.0 Å². The first-order chi connectivity index (χ1) is 9.52. The molecule has 0 aliphatic rings. The summed E-state index contributed by atoms with van der Waals surface area (Å²) in [5.41, 5.74) is -2.32. The summed E-state index contributed by atoms with van der Waals surface area (Å²) in [4.78, 5) is 21.8. The minimum atomic E-state index is -2.32. The smallest absolute Gasteiger partial charge is 0.338 e. The number of aliphatic hydroxyl groups excluding tert-OH is 5. The van der Waals surface area contributed by atoms with Gasteiger partial charge in [-0.25, -0.2) is 4.79 Å². The summed E-state index contributed by atoms with van der Waals surface area (Å²) in [6, 6.07) is 0. The molecule has 0 radical (unpaired) electrons. The van der Waals surface area contributed by atoms with Gasteiger partial charge in [0.2, 0.25) is 0 Å². The molecule has 0 aromatic rings. The van der Waals surface area contributed by atoms with Gasteiger partial charge >= 0.3 is 11.9 Å². The molecule has 7 N–H and O–H groups in total. The number of carbonyl (C=O) groups excluding carboxylic acids is 1. The Morgan fingerprint density at radius 2 is 1.57 bits per heavy atom. The maximum atomic E-state index is 11.4. The highest BCUT2D eigenvalue weighted by Crippen LogP contribution is 2.13. The summed E-state index contributed by atoms with van der Waals surface area (Å²) in [5.74, 6) is -2.78. The second-order valence-electron chi connectivity index (χ2n) is 4.74. The van der Waals surface area contributed by atoms with E-state index in [1.165, 1.54) is 0 Å². The van der Waals surface area contributed by atoms with Gasteiger partial charge in [0.05, 0.1) is 13.0 Å². The fourth-order valence-corrected chi connectivity index (χ4v) is 1.34. The zero-order valence-electron chi connectivity index (χ0n) is 11.3. The number of ether oxygens (including phenoxy) is 1. The lowest BCUT2D eigenvalue weighted by Gasteiger charge is -2.26. The van der Waals surface area contributed by atoms with E-state index < -0.39 is 61.6 Å². The minimum absolute atomic E-state index is 0.856.